The third kappa shape index (κ3) is 5.47. The molecule has 1 N–H and O–H groups in total. The van der Waals surface area contributed by atoms with E-state index in [-0.39, 0.29) is 30.4 Å². The first kappa shape index (κ1) is 23.5. The van der Waals surface area contributed by atoms with Crippen LogP contribution in [0.4, 0.5) is 0 Å². The number of likely N-dealkylation sites (tertiary alicyclic amines) is 1. The van der Waals surface area contributed by atoms with Crippen LogP contribution in [-0.2, 0) is 22.4 Å². The fourth-order valence-electron chi connectivity index (χ4n) is 5.08. The Hall–Kier alpha value is -2.66. The van der Waals surface area contributed by atoms with Gasteiger partial charge in [-0.2, -0.15) is 0 Å². The highest BCUT2D eigenvalue weighted by Crippen LogP contribution is 2.32. The molecule has 2 heterocycles. The number of hydrogen-bond acceptors (Lipinski definition) is 3. The minimum absolute atomic E-state index is 0.0356. The molecule has 0 saturated carbocycles. The first-order valence-corrected chi connectivity index (χ1v) is 12.4. The number of amides is 2. The smallest absolute Gasteiger partial charge is 0.244 e. The van der Waals surface area contributed by atoms with E-state index in [1.807, 2.05) is 24.0 Å². The van der Waals surface area contributed by atoms with Crippen LogP contribution in [0.5, 0.6) is 0 Å². The van der Waals surface area contributed by atoms with Gasteiger partial charge in [-0.15, -0.1) is 0 Å². The molecular formula is C28H37N3O2. The van der Waals surface area contributed by atoms with Gasteiger partial charge in [-0.3, -0.25) is 14.5 Å². The third-order valence-corrected chi connectivity index (χ3v) is 7.32. The number of nitrogens with zero attached hydrogens (tertiary/aromatic N) is 2. The molecule has 176 valence electrons. The minimum atomic E-state index is -0.381. The van der Waals surface area contributed by atoms with Crippen LogP contribution in [0.15, 0.2) is 48.5 Å². The van der Waals surface area contributed by atoms with Crippen LogP contribution in [0.1, 0.15) is 68.0 Å². The number of nitrogens with one attached hydrogen (secondary N) is 1. The van der Waals surface area contributed by atoms with Gasteiger partial charge < -0.3 is 10.2 Å². The van der Waals surface area contributed by atoms with Gasteiger partial charge in [0.15, 0.2) is 0 Å². The Kier molecular flexibility index (Phi) is 7.49. The van der Waals surface area contributed by atoms with Gasteiger partial charge in [-0.1, -0.05) is 62.4 Å². The van der Waals surface area contributed by atoms with E-state index >= 15 is 0 Å². The van der Waals surface area contributed by atoms with Crippen LogP contribution in [0.2, 0.25) is 0 Å². The SMILES string of the molecule is CCc1ccc([C@@H](C)NC(=O)CN2CCc3ccccc3[C@@H]2C(=O)N2CCC(C)CC2)cc1. The van der Waals surface area contributed by atoms with Gasteiger partial charge in [0.2, 0.25) is 11.8 Å². The second kappa shape index (κ2) is 10.5. The molecule has 2 aliphatic rings. The Labute approximate surface area is 198 Å². The number of benzene rings is 2. The average Bonchev–Trinajstić information content (AvgIpc) is 2.84. The summed E-state index contributed by atoms with van der Waals surface area (Å²) >= 11 is 0. The van der Waals surface area contributed by atoms with Crippen molar-refractivity contribution in [2.45, 2.75) is 58.5 Å². The van der Waals surface area contributed by atoms with E-state index in [0.717, 1.165) is 49.9 Å². The molecule has 33 heavy (non-hydrogen) atoms. The highest BCUT2D eigenvalue weighted by atomic mass is 16.2. The van der Waals surface area contributed by atoms with Crippen molar-refractivity contribution in [3.63, 3.8) is 0 Å². The molecule has 2 aliphatic heterocycles. The molecule has 0 aromatic heterocycles. The molecule has 0 spiro atoms. The summed E-state index contributed by atoms with van der Waals surface area (Å²) in [6.07, 6.45) is 3.96. The minimum Gasteiger partial charge on any atom is -0.348 e. The number of carbonyl (C=O) groups excluding carboxylic acids is 2. The van der Waals surface area contributed by atoms with Crippen LogP contribution < -0.4 is 5.32 Å². The summed E-state index contributed by atoms with van der Waals surface area (Å²) in [5.41, 5.74) is 4.67. The van der Waals surface area contributed by atoms with E-state index in [9.17, 15) is 9.59 Å². The summed E-state index contributed by atoms with van der Waals surface area (Å²) in [6, 6.07) is 16.2. The summed E-state index contributed by atoms with van der Waals surface area (Å²) in [4.78, 5) is 30.8. The molecule has 5 nitrogen and oxygen atoms in total. The van der Waals surface area contributed by atoms with Gasteiger partial charge in [0.1, 0.15) is 6.04 Å². The second-order valence-corrected chi connectivity index (χ2v) is 9.71. The average molecular weight is 448 g/mol. The topological polar surface area (TPSA) is 52.7 Å². The maximum Gasteiger partial charge on any atom is 0.244 e. The molecule has 0 radical (unpaired) electrons. The number of fused-ring (bicyclic) bond motifs is 1. The maximum atomic E-state index is 13.7. The van der Waals surface area contributed by atoms with Gasteiger partial charge >= 0.3 is 0 Å². The normalized spacial score (nSPS) is 20.2. The van der Waals surface area contributed by atoms with Gasteiger partial charge in [0.25, 0.3) is 0 Å². The molecule has 2 aromatic carbocycles. The van der Waals surface area contributed by atoms with Crippen molar-refractivity contribution >= 4 is 11.8 Å². The number of rotatable bonds is 6. The first-order valence-electron chi connectivity index (χ1n) is 12.4. The zero-order chi connectivity index (χ0) is 23.4. The van der Waals surface area contributed by atoms with E-state index < -0.39 is 0 Å². The monoisotopic (exact) mass is 447 g/mol. The summed E-state index contributed by atoms with van der Waals surface area (Å²) in [7, 11) is 0. The van der Waals surface area contributed by atoms with Crippen molar-refractivity contribution in [3.05, 3.63) is 70.8 Å². The number of piperidine rings is 1. The van der Waals surface area contributed by atoms with Gasteiger partial charge in [0.05, 0.1) is 12.6 Å². The van der Waals surface area contributed by atoms with Crippen LogP contribution in [0, 0.1) is 5.92 Å². The molecule has 5 heteroatoms. The molecule has 4 rings (SSSR count). The molecule has 1 fully saturated rings. The van der Waals surface area contributed by atoms with Gasteiger partial charge in [-0.05, 0) is 60.8 Å². The molecule has 0 aliphatic carbocycles. The van der Waals surface area contributed by atoms with E-state index in [0.29, 0.717) is 12.5 Å². The molecule has 0 unspecified atom stereocenters. The van der Waals surface area contributed by atoms with Crippen molar-refractivity contribution in [1.82, 2.24) is 15.1 Å². The second-order valence-electron chi connectivity index (χ2n) is 9.71. The van der Waals surface area contributed by atoms with Crippen molar-refractivity contribution in [3.8, 4) is 0 Å². The molecular weight excluding hydrogens is 410 g/mol. The van der Waals surface area contributed by atoms with E-state index in [2.05, 4.69) is 60.5 Å². The lowest BCUT2D eigenvalue weighted by Gasteiger charge is -2.40. The Morgan fingerprint density at radius 2 is 1.73 bits per heavy atom. The molecule has 0 bridgehead atoms. The van der Waals surface area contributed by atoms with Crippen molar-refractivity contribution in [1.29, 1.82) is 0 Å². The van der Waals surface area contributed by atoms with Crippen molar-refractivity contribution < 1.29 is 9.59 Å². The van der Waals surface area contributed by atoms with Crippen LogP contribution in [-0.4, -0.2) is 47.8 Å². The van der Waals surface area contributed by atoms with E-state index in [4.69, 9.17) is 0 Å². The Balaban J connectivity index is 1.47. The maximum absolute atomic E-state index is 13.7. The fourth-order valence-corrected chi connectivity index (χ4v) is 5.08. The van der Waals surface area contributed by atoms with Crippen molar-refractivity contribution in [2.24, 2.45) is 5.92 Å². The summed E-state index contributed by atoms with van der Waals surface area (Å²) in [5.74, 6) is 0.777. The Morgan fingerprint density at radius 3 is 2.42 bits per heavy atom. The first-order chi connectivity index (χ1) is 16.0. The predicted molar refractivity (Wildman–Crippen MR) is 132 cm³/mol. The van der Waals surface area contributed by atoms with Crippen LogP contribution in [0.3, 0.4) is 0 Å². The Morgan fingerprint density at radius 1 is 1.03 bits per heavy atom. The van der Waals surface area contributed by atoms with E-state index in [1.165, 1.54) is 11.1 Å². The fraction of sp³-hybridized carbons (Fsp3) is 0.500. The lowest BCUT2D eigenvalue weighted by Crippen LogP contribution is -2.50. The number of carbonyl (C=O) groups is 2. The lowest BCUT2D eigenvalue weighted by atomic mass is 9.90. The largest absolute Gasteiger partial charge is 0.348 e. The van der Waals surface area contributed by atoms with Gasteiger partial charge in [0, 0.05) is 19.6 Å². The third-order valence-electron chi connectivity index (χ3n) is 7.32. The number of hydrogen-bond donors (Lipinski definition) is 1. The molecule has 2 atom stereocenters. The zero-order valence-corrected chi connectivity index (χ0v) is 20.2. The lowest BCUT2D eigenvalue weighted by molar-refractivity contribution is -0.140. The van der Waals surface area contributed by atoms with Crippen LogP contribution in [0.25, 0.3) is 0 Å². The summed E-state index contributed by atoms with van der Waals surface area (Å²) in [6.45, 7) is 8.97. The summed E-state index contributed by atoms with van der Waals surface area (Å²) < 4.78 is 0. The molecule has 2 aromatic rings. The summed E-state index contributed by atoms with van der Waals surface area (Å²) in [5, 5.41) is 3.14. The predicted octanol–water partition coefficient (Wildman–Crippen LogP) is 4.28. The molecule has 2 amide bonds. The van der Waals surface area contributed by atoms with Crippen LogP contribution >= 0.6 is 0 Å². The molecule has 1 saturated heterocycles. The Bertz CT molecular complexity index is 963. The van der Waals surface area contributed by atoms with E-state index in [1.54, 1.807) is 0 Å². The van der Waals surface area contributed by atoms with Crippen molar-refractivity contribution in [2.75, 3.05) is 26.2 Å². The standard InChI is InChI=1S/C28H37N3O2/c1-4-22-9-11-23(12-10-22)21(3)29-26(32)19-31-18-15-24-7-5-6-8-25(24)27(31)28(33)30-16-13-20(2)14-17-30/h5-12,20-21,27H,4,13-19H2,1-3H3,(H,29,32)/t21-,27-/m1/s1. The quantitative estimate of drug-likeness (QED) is 0.719. The number of aryl methyl sites for hydroxylation is 1. The zero-order valence-electron chi connectivity index (χ0n) is 20.2. The highest BCUT2D eigenvalue weighted by Gasteiger charge is 2.37. The highest BCUT2D eigenvalue weighted by molar-refractivity contribution is 5.86. The van der Waals surface area contributed by atoms with Gasteiger partial charge in [-0.25, -0.2) is 0 Å².